The van der Waals surface area contributed by atoms with Gasteiger partial charge in [-0.1, -0.05) is 42.5 Å². The van der Waals surface area contributed by atoms with Crippen LogP contribution in [-0.4, -0.2) is 18.0 Å². The maximum absolute atomic E-state index is 5.84. The molecule has 3 rings (SSSR count). The van der Waals surface area contributed by atoms with Crippen LogP contribution in [0, 0.1) is 0 Å². The summed E-state index contributed by atoms with van der Waals surface area (Å²) in [4.78, 5) is 2.35. The van der Waals surface area contributed by atoms with Crippen LogP contribution < -0.4 is 5.32 Å². The average molecular weight is 322 g/mol. The minimum atomic E-state index is 0.555. The van der Waals surface area contributed by atoms with E-state index in [0.717, 1.165) is 36.4 Å². The molecule has 0 unspecified atom stereocenters. The summed E-state index contributed by atoms with van der Waals surface area (Å²) >= 11 is 0. The van der Waals surface area contributed by atoms with Crippen molar-refractivity contribution in [2.45, 2.75) is 39.5 Å². The predicted octanol–water partition coefficient (Wildman–Crippen LogP) is 4.56. The quantitative estimate of drug-likeness (QED) is 0.691. The van der Waals surface area contributed by atoms with E-state index in [4.69, 9.17) is 4.42 Å². The highest BCUT2D eigenvalue weighted by atomic mass is 16.3. The van der Waals surface area contributed by atoms with Crippen molar-refractivity contribution in [3.63, 3.8) is 0 Å². The van der Waals surface area contributed by atoms with Gasteiger partial charge in [-0.3, -0.25) is 4.90 Å². The lowest BCUT2D eigenvalue weighted by molar-refractivity contribution is 0.266. The zero-order valence-electron chi connectivity index (χ0n) is 14.8. The molecule has 0 saturated heterocycles. The first-order valence-corrected chi connectivity index (χ1v) is 8.58. The molecule has 3 aromatic rings. The van der Waals surface area contributed by atoms with E-state index >= 15 is 0 Å². The minimum absolute atomic E-state index is 0.555. The lowest BCUT2D eigenvalue weighted by atomic mass is 10.1. The first-order chi connectivity index (χ1) is 11.6. The monoisotopic (exact) mass is 322 g/mol. The molecule has 0 radical (unpaired) electrons. The molecule has 0 spiro atoms. The van der Waals surface area contributed by atoms with Crippen LogP contribution in [0.1, 0.15) is 30.7 Å². The Balaban J connectivity index is 1.56. The molecule has 24 heavy (non-hydrogen) atoms. The van der Waals surface area contributed by atoms with Crippen molar-refractivity contribution < 1.29 is 4.42 Å². The molecule has 0 aliphatic carbocycles. The van der Waals surface area contributed by atoms with Crippen molar-refractivity contribution in [3.8, 4) is 0 Å². The maximum Gasteiger partial charge on any atom is 0.134 e. The van der Waals surface area contributed by atoms with Crippen LogP contribution in [0.15, 0.2) is 59.0 Å². The Kier molecular flexibility index (Phi) is 5.34. The topological polar surface area (TPSA) is 28.4 Å². The van der Waals surface area contributed by atoms with Crippen LogP contribution in [-0.2, 0) is 19.6 Å². The van der Waals surface area contributed by atoms with Gasteiger partial charge in [-0.2, -0.15) is 0 Å². The predicted molar refractivity (Wildman–Crippen MR) is 99.8 cm³/mol. The molecule has 0 atom stereocenters. The van der Waals surface area contributed by atoms with E-state index < -0.39 is 0 Å². The van der Waals surface area contributed by atoms with Crippen LogP contribution in [0.3, 0.4) is 0 Å². The number of hydrogen-bond acceptors (Lipinski definition) is 3. The van der Waals surface area contributed by atoms with Crippen LogP contribution in [0.5, 0.6) is 0 Å². The van der Waals surface area contributed by atoms with Crippen molar-refractivity contribution in [2.24, 2.45) is 0 Å². The summed E-state index contributed by atoms with van der Waals surface area (Å²) < 4.78 is 5.84. The summed E-state index contributed by atoms with van der Waals surface area (Å²) in [6.45, 7) is 7.01. The Bertz CT molecular complexity index is 758. The van der Waals surface area contributed by atoms with E-state index in [1.54, 1.807) is 0 Å². The summed E-state index contributed by atoms with van der Waals surface area (Å²) in [5.74, 6) is 0.979. The third kappa shape index (κ3) is 4.25. The molecule has 0 saturated carbocycles. The van der Waals surface area contributed by atoms with Crippen molar-refractivity contribution in [2.75, 3.05) is 7.05 Å². The number of furan rings is 1. The van der Waals surface area contributed by atoms with Gasteiger partial charge in [0, 0.05) is 24.5 Å². The normalized spacial score (nSPS) is 11.7. The molecule has 2 aromatic carbocycles. The van der Waals surface area contributed by atoms with Crippen LogP contribution in [0.4, 0.5) is 0 Å². The SMILES string of the molecule is CC(C)N(C)Cc1cccc(CNCc2cc3ccccc3o2)c1. The maximum atomic E-state index is 5.84. The highest BCUT2D eigenvalue weighted by Crippen LogP contribution is 2.18. The lowest BCUT2D eigenvalue weighted by Gasteiger charge is -2.21. The second-order valence-corrected chi connectivity index (χ2v) is 6.68. The molecule has 0 amide bonds. The van der Waals surface area contributed by atoms with Crippen molar-refractivity contribution in [1.82, 2.24) is 10.2 Å². The fraction of sp³-hybridized carbons (Fsp3) is 0.333. The van der Waals surface area contributed by atoms with Gasteiger partial charge in [0.1, 0.15) is 11.3 Å². The molecular weight excluding hydrogens is 296 g/mol. The van der Waals surface area contributed by atoms with Gasteiger partial charge < -0.3 is 9.73 Å². The van der Waals surface area contributed by atoms with Crippen LogP contribution in [0.2, 0.25) is 0 Å². The van der Waals surface area contributed by atoms with Gasteiger partial charge in [0.15, 0.2) is 0 Å². The van der Waals surface area contributed by atoms with Gasteiger partial charge in [-0.25, -0.2) is 0 Å². The highest BCUT2D eigenvalue weighted by Gasteiger charge is 2.05. The smallest absolute Gasteiger partial charge is 0.134 e. The molecule has 1 heterocycles. The van der Waals surface area contributed by atoms with E-state index in [1.807, 2.05) is 18.2 Å². The van der Waals surface area contributed by atoms with Gasteiger partial charge in [-0.15, -0.1) is 0 Å². The lowest BCUT2D eigenvalue weighted by Crippen LogP contribution is -2.25. The van der Waals surface area contributed by atoms with Crippen molar-refractivity contribution >= 4 is 11.0 Å². The minimum Gasteiger partial charge on any atom is -0.460 e. The fourth-order valence-corrected chi connectivity index (χ4v) is 2.76. The first-order valence-electron chi connectivity index (χ1n) is 8.58. The fourth-order valence-electron chi connectivity index (χ4n) is 2.76. The largest absolute Gasteiger partial charge is 0.460 e. The van der Waals surface area contributed by atoms with E-state index in [-0.39, 0.29) is 0 Å². The zero-order valence-corrected chi connectivity index (χ0v) is 14.8. The van der Waals surface area contributed by atoms with Gasteiger partial charge >= 0.3 is 0 Å². The number of nitrogens with one attached hydrogen (secondary N) is 1. The Morgan fingerprint density at radius 2 is 1.75 bits per heavy atom. The van der Waals surface area contributed by atoms with Gasteiger partial charge in [0.05, 0.1) is 6.54 Å². The number of rotatable bonds is 7. The second-order valence-electron chi connectivity index (χ2n) is 6.68. The van der Waals surface area contributed by atoms with Crippen molar-refractivity contribution in [1.29, 1.82) is 0 Å². The summed E-state index contributed by atoms with van der Waals surface area (Å²) in [6, 6.07) is 19.6. The van der Waals surface area contributed by atoms with E-state index in [9.17, 15) is 0 Å². The molecule has 0 fully saturated rings. The van der Waals surface area contributed by atoms with Crippen molar-refractivity contribution in [3.05, 3.63) is 71.5 Å². The molecule has 1 aromatic heterocycles. The molecule has 126 valence electrons. The van der Waals surface area contributed by atoms with E-state index in [1.165, 1.54) is 11.1 Å². The average Bonchev–Trinajstić information content (AvgIpc) is 2.98. The summed E-state index contributed by atoms with van der Waals surface area (Å²) in [5, 5.41) is 4.64. The Hall–Kier alpha value is -2.10. The molecule has 0 bridgehead atoms. The standard InChI is InChI=1S/C21H26N2O/c1-16(2)23(3)15-18-8-6-7-17(11-18)13-22-14-20-12-19-9-4-5-10-21(19)24-20/h4-12,16,22H,13-15H2,1-3H3. The molecule has 3 nitrogen and oxygen atoms in total. The van der Waals surface area contributed by atoms with Gasteiger partial charge in [0.25, 0.3) is 0 Å². The molecule has 1 N–H and O–H groups in total. The number of fused-ring (bicyclic) bond motifs is 1. The number of benzene rings is 2. The number of hydrogen-bond donors (Lipinski definition) is 1. The Labute approximate surface area is 144 Å². The Morgan fingerprint density at radius 1 is 0.958 bits per heavy atom. The Morgan fingerprint density at radius 3 is 2.54 bits per heavy atom. The third-order valence-corrected chi connectivity index (χ3v) is 4.41. The van der Waals surface area contributed by atoms with E-state index in [0.29, 0.717) is 6.04 Å². The molecule has 0 aliphatic heterocycles. The molecule has 0 aliphatic rings. The number of nitrogens with zero attached hydrogens (tertiary/aromatic N) is 1. The second kappa shape index (κ2) is 7.65. The van der Waals surface area contributed by atoms with Gasteiger partial charge in [0.2, 0.25) is 0 Å². The third-order valence-electron chi connectivity index (χ3n) is 4.41. The first kappa shape index (κ1) is 16.7. The summed E-state index contributed by atoms with van der Waals surface area (Å²) in [7, 11) is 2.16. The molecular formula is C21H26N2O. The zero-order chi connectivity index (χ0) is 16.9. The van der Waals surface area contributed by atoms with Crippen LogP contribution >= 0.6 is 0 Å². The van der Waals surface area contributed by atoms with Crippen LogP contribution in [0.25, 0.3) is 11.0 Å². The molecule has 3 heteroatoms. The summed E-state index contributed by atoms with van der Waals surface area (Å²) in [6.07, 6.45) is 0. The number of para-hydroxylation sites is 1. The van der Waals surface area contributed by atoms with Gasteiger partial charge in [-0.05, 0) is 44.2 Å². The summed E-state index contributed by atoms with van der Waals surface area (Å²) in [5.41, 5.74) is 3.61. The highest BCUT2D eigenvalue weighted by molar-refractivity contribution is 5.77. The van der Waals surface area contributed by atoms with E-state index in [2.05, 4.69) is 67.5 Å².